The van der Waals surface area contributed by atoms with Crippen LogP contribution >= 0.6 is 0 Å². The summed E-state index contributed by atoms with van der Waals surface area (Å²) >= 11 is 0. The van der Waals surface area contributed by atoms with Crippen LogP contribution in [0.15, 0.2) is 11.8 Å². The van der Waals surface area contributed by atoms with E-state index in [-0.39, 0.29) is 17.5 Å². The molecule has 1 rings (SSSR count). The van der Waals surface area contributed by atoms with E-state index in [1.807, 2.05) is 19.9 Å². The van der Waals surface area contributed by atoms with Crippen LogP contribution < -0.4 is 5.32 Å². The quantitative estimate of drug-likeness (QED) is 0.616. The Morgan fingerprint density at radius 3 is 2.39 bits per heavy atom. The first-order valence-corrected chi connectivity index (χ1v) is 6.66. The molecule has 4 nitrogen and oxygen atoms in total. The average molecular weight is 249 g/mol. The van der Waals surface area contributed by atoms with Crippen LogP contribution in [0.2, 0.25) is 0 Å². The molecule has 0 saturated carbocycles. The summed E-state index contributed by atoms with van der Waals surface area (Å²) in [7, 11) is 0. The third-order valence-electron chi connectivity index (χ3n) is 3.32. The van der Waals surface area contributed by atoms with E-state index in [1.165, 1.54) is 6.42 Å². The van der Waals surface area contributed by atoms with E-state index in [9.17, 15) is 4.79 Å². The number of carbonyl (C=O) groups excluding carboxylic acids is 1. The Balaban J connectivity index is 2.83. The molecule has 1 amide bonds. The number of hydrogen-bond acceptors (Lipinski definition) is 3. The van der Waals surface area contributed by atoms with Crippen LogP contribution in [-0.2, 0) is 4.79 Å². The van der Waals surface area contributed by atoms with Gasteiger partial charge >= 0.3 is 0 Å². The summed E-state index contributed by atoms with van der Waals surface area (Å²) in [6.07, 6.45) is 5.18. The van der Waals surface area contributed by atoms with Gasteiger partial charge in [0.15, 0.2) is 0 Å². The zero-order valence-electron chi connectivity index (χ0n) is 11.7. The predicted octanol–water partition coefficient (Wildman–Crippen LogP) is 2.18. The Bertz CT molecular complexity index is 358. The Kier molecular flexibility index (Phi) is 5.21. The fourth-order valence-electron chi connectivity index (χ4n) is 2.32. The van der Waals surface area contributed by atoms with Crippen LogP contribution in [0, 0.1) is 11.3 Å². The van der Waals surface area contributed by atoms with E-state index in [4.69, 9.17) is 5.26 Å². The molecule has 1 aliphatic heterocycles. The lowest BCUT2D eigenvalue weighted by Gasteiger charge is -2.38. The van der Waals surface area contributed by atoms with Crippen molar-refractivity contribution in [1.82, 2.24) is 10.2 Å². The van der Waals surface area contributed by atoms with Crippen LogP contribution in [0.1, 0.15) is 47.0 Å². The van der Waals surface area contributed by atoms with Crippen LogP contribution in [0.25, 0.3) is 0 Å². The predicted molar refractivity (Wildman–Crippen MR) is 71.6 cm³/mol. The van der Waals surface area contributed by atoms with Crippen LogP contribution in [0.4, 0.5) is 0 Å². The van der Waals surface area contributed by atoms with Gasteiger partial charge in [-0.25, -0.2) is 0 Å². The Labute approximate surface area is 110 Å². The van der Waals surface area contributed by atoms with Gasteiger partial charge in [0.25, 0.3) is 5.91 Å². The lowest BCUT2D eigenvalue weighted by atomic mass is 9.98. The van der Waals surface area contributed by atoms with Crippen molar-refractivity contribution in [2.45, 2.75) is 65.1 Å². The summed E-state index contributed by atoms with van der Waals surface area (Å²) in [5, 5.41) is 11.9. The molecule has 1 N–H and O–H groups in total. The highest BCUT2D eigenvalue weighted by molar-refractivity contribution is 5.97. The van der Waals surface area contributed by atoms with Crippen molar-refractivity contribution in [3.8, 4) is 6.07 Å². The maximum absolute atomic E-state index is 11.8. The normalized spacial score (nSPS) is 24.9. The maximum atomic E-state index is 11.8. The molecule has 0 spiro atoms. The zero-order chi connectivity index (χ0) is 13.7. The summed E-state index contributed by atoms with van der Waals surface area (Å²) in [4.78, 5) is 14.0. The number of carbonyl (C=O) groups is 1. The van der Waals surface area contributed by atoms with E-state index < -0.39 is 0 Å². The van der Waals surface area contributed by atoms with Gasteiger partial charge in [-0.2, -0.15) is 5.26 Å². The van der Waals surface area contributed by atoms with E-state index >= 15 is 0 Å². The number of nitrogens with one attached hydrogen (secondary N) is 1. The standard InChI is InChI=1S/C14H23N3O/c1-10(2)16-14(18)13(8-15)9-17-11(3)6-5-7-12(17)4/h9-12H,5-7H2,1-4H3,(H,16,18)/b13-9-. The van der Waals surface area contributed by atoms with E-state index in [1.54, 1.807) is 6.20 Å². The van der Waals surface area contributed by atoms with Gasteiger partial charge in [-0.1, -0.05) is 0 Å². The van der Waals surface area contributed by atoms with Gasteiger partial charge < -0.3 is 10.2 Å². The maximum Gasteiger partial charge on any atom is 0.263 e. The van der Waals surface area contributed by atoms with Crippen molar-refractivity contribution in [2.75, 3.05) is 0 Å². The molecule has 2 unspecified atom stereocenters. The zero-order valence-corrected chi connectivity index (χ0v) is 11.7. The number of nitrogens with zero attached hydrogens (tertiary/aromatic N) is 2. The second kappa shape index (κ2) is 6.44. The van der Waals surface area contributed by atoms with Crippen molar-refractivity contribution in [3.63, 3.8) is 0 Å². The molecule has 0 radical (unpaired) electrons. The Morgan fingerprint density at radius 1 is 1.39 bits per heavy atom. The van der Waals surface area contributed by atoms with Crippen molar-refractivity contribution in [2.24, 2.45) is 0 Å². The highest BCUT2D eigenvalue weighted by Crippen LogP contribution is 2.23. The molecule has 4 heteroatoms. The summed E-state index contributed by atoms with van der Waals surface area (Å²) in [5.41, 5.74) is 0.198. The Hall–Kier alpha value is -1.50. The molecule has 0 bridgehead atoms. The van der Waals surface area contributed by atoms with Crippen LogP contribution in [-0.4, -0.2) is 28.9 Å². The number of rotatable bonds is 3. The molecule has 0 aromatic heterocycles. The molecule has 1 fully saturated rings. The summed E-state index contributed by atoms with van der Waals surface area (Å²) in [6, 6.07) is 2.83. The summed E-state index contributed by atoms with van der Waals surface area (Å²) < 4.78 is 0. The lowest BCUT2D eigenvalue weighted by Crippen LogP contribution is -2.41. The largest absolute Gasteiger partial charge is 0.371 e. The molecule has 0 aromatic rings. The number of amides is 1. The summed E-state index contributed by atoms with van der Waals surface area (Å²) in [5.74, 6) is -0.280. The van der Waals surface area contributed by atoms with Gasteiger partial charge in [0.05, 0.1) is 0 Å². The number of likely N-dealkylation sites (tertiary alicyclic amines) is 1. The van der Waals surface area contributed by atoms with E-state index in [0.717, 1.165) is 12.8 Å². The molecule has 0 aromatic carbocycles. The van der Waals surface area contributed by atoms with Gasteiger partial charge in [0.1, 0.15) is 11.6 Å². The molecule has 1 heterocycles. The van der Waals surface area contributed by atoms with Crippen molar-refractivity contribution >= 4 is 5.91 Å². The molecule has 2 atom stereocenters. The molecular formula is C14H23N3O. The lowest BCUT2D eigenvalue weighted by molar-refractivity contribution is -0.117. The third kappa shape index (κ3) is 3.76. The topological polar surface area (TPSA) is 56.1 Å². The van der Waals surface area contributed by atoms with Crippen molar-refractivity contribution in [1.29, 1.82) is 5.26 Å². The summed E-state index contributed by atoms with van der Waals surface area (Å²) in [6.45, 7) is 8.06. The van der Waals surface area contributed by atoms with Crippen molar-refractivity contribution < 1.29 is 4.79 Å². The minimum atomic E-state index is -0.280. The first-order chi connectivity index (χ1) is 8.45. The SMILES string of the molecule is CC(C)NC(=O)/C(C#N)=C\N1C(C)CCCC1C. The second-order valence-corrected chi connectivity index (χ2v) is 5.36. The molecule has 100 valence electrons. The monoisotopic (exact) mass is 249 g/mol. The highest BCUT2D eigenvalue weighted by atomic mass is 16.1. The molecule has 1 saturated heterocycles. The molecular weight excluding hydrogens is 226 g/mol. The van der Waals surface area contributed by atoms with Crippen molar-refractivity contribution in [3.05, 3.63) is 11.8 Å². The molecule has 1 aliphatic rings. The second-order valence-electron chi connectivity index (χ2n) is 5.36. The van der Waals surface area contributed by atoms with Gasteiger partial charge in [0, 0.05) is 24.3 Å². The minimum Gasteiger partial charge on any atom is -0.371 e. The van der Waals surface area contributed by atoms with Crippen LogP contribution in [0.3, 0.4) is 0 Å². The molecule has 0 aliphatic carbocycles. The van der Waals surface area contributed by atoms with Gasteiger partial charge in [-0.05, 0) is 47.0 Å². The fourth-order valence-corrected chi connectivity index (χ4v) is 2.32. The number of hydrogen-bond donors (Lipinski definition) is 1. The van der Waals surface area contributed by atoms with E-state index in [2.05, 4.69) is 24.1 Å². The smallest absolute Gasteiger partial charge is 0.263 e. The number of nitriles is 1. The first-order valence-electron chi connectivity index (χ1n) is 6.66. The number of piperidine rings is 1. The minimum absolute atomic E-state index is 0.0467. The first kappa shape index (κ1) is 14.6. The van der Waals surface area contributed by atoms with Crippen LogP contribution in [0.5, 0.6) is 0 Å². The highest BCUT2D eigenvalue weighted by Gasteiger charge is 2.23. The van der Waals surface area contributed by atoms with Gasteiger partial charge in [0.2, 0.25) is 0 Å². The average Bonchev–Trinajstić information content (AvgIpc) is 2.27. The van der Waals surface area contributed by atoms with Gasteiger partial charge in [-0.3, -0.25) is 4.79 Å². The van der Waals surface area contributed by atoms with Gasteiger partial charge in [-0.15, -0.1) is 0 Å². The Morgan fingerprint density at radius 2 is 1.94 bits per heavy atom. The molecule has 18 heavy (non-hydrogen) atoms. The third-order valence-corrected chi connectivity index (χ3v) is 3.32. The van der Waals surface area contributed by atoms with E-state index in [0.29, 0.717) is 12.1 Å². The fraction of sp³-hybridized carbons (Fsp3) is 0.714.